The Morgan fingerprint density at radius 3 is 2.27 bits per heavy atom. The maximum Gasteiger partial charge on any atom is 0.573 e. The monoisotopic (exact) mass is 462 g/mol. The van der Waals surface area contributed by atoms with Gasteiger partial charge >= 0.3 is 6.36 Å². The Labute approximate surface area is 186 Å². The van der Waals surface area contributed by atoms with Crippen LogP contribution in [0.5, 0.6) is 5.75 Å². The first kappa shape index (κ1) is 23.9. The van der Waals surface area contributed by atoms with Crippen LogP contribution in [0.1, 0.15) is 29.6 Å². The SMILES string of the molecule is C1CCOCC1.NC(=O)c1cc(-c2ccc(OC(F)(F)F)cc2)nn(-c2cccnc2)c1=O. The molecule has 0 saturated carbocycles. The molecule has 2 N–H and O–H groups in total. The molecule has 1 aliphatic rings. The smallest absolute Gasteiger partial charge is 0.406 e. The number of rotatable bonds is 4. The highest BCUT2D eigenvalue weighted by atomic mass is 19.4. The van der Waals surface area contributed by atoms with Crippen molar-refractivity contribution in [3.63, 3.8) is 0 Å². The van der Waals surface area contributed by atoms with E-state index in [0.717, 1.165) is 30.0 Å². The van der Waals surface area contributed by atoms with Gasteiger partial charge in [0.2, 0.25) is 0 Å². The molecule has 0 spiro atoms. The van der Waals surface area contributed by atoms with Crippen LogP contribution >= 0.6 is 0 Å². The summed E-state index contributed by atoms with van der Waals surface area (Å²) < 4.78 is 46.6. The van der Waals surface area contributed by atoms with Gasteiger partial charge in [0.05, 0.1) is 17.6 Å². The molecule has 1 fully saturated rings. The van der Waals surface area contributed by atoms with Crippen molar-refractivity contribution in [1.29, 1.82) is 0 Å². The van der Waals surface area contributed by atoms with Gasteiger partial charge in [0.15, 0.2) is 0 Å². The van der Waals surface area contributed by atoms with Crippen LogP contribution in [-0.2, 0) is 4.74 Å². The molecule has 1 amide bonds. The van der Waals surface area contributed by atoms with E-state index in [1.807, 2.05) is 0 Å². The van der Waals surface area contributed by atoms with Gasteiger partial charge in [-0.2, -0.15) is 9.78 Å². The standard InChI is InChI=1S/C17H11F3N4O3.C5H10O/c18-17(19,20)27-12-5-3-10(4-6-12)14-8-13(15(21)25)16(26)24(23-14)11-2-1-7-22-9-11;1-2-4-6-5-3-1/h1-9H,(H2,21,25);1-5H2. The predicted molar refractivity (Wildman–Crippen MR) is 113 cm³/mol. The lowest BCUT2D eigenvalue weighted by atomic mass is 10.1. The molecule has 0 atom stereocenters. The maximum atomic E-state index is 12.4. The van der Waals surface area contributed by atoms with Crippen LogP contribution in [0, 0.1) is 0 Å². The summed E-state index contributed by atoms with van der Waals surface area (Å²) >= 11 is 0. The predicted octanol–water partition coefficient (Wildman–Crippen LogP) is 3.48. The lowest BCUT2D eigenvalue weighted by Gasteiger charge is -2.11. The van der Waals surface area contributed by atoms with Crippen molar-refractivity contribution in [2.45, 2.75) is 25.6 Å². The summed E-state index contributed by atoms with van der Waals surface area (Å²) in [5.41, 5.74) is 5.01. The zero-order valence-corrected chi connectivity index (χ0v) is 17.4. The van der Waals surface area contributed by atoms with E-state index >= 15 is 0 Å². The van der Waals surface area contributed by atoms with E-state index < -0.39 is 23.6 Å². The Hall–Kier alpha value is -3.73. The van der Waals surface area contributed by atoms with E-state index in [0.29, 0.717) is 11.3 Å². The van der Waals surface area contributed by atoms with Crippen molar-refractivity contribution in [1.82, 2.24) is 14.8 Å². The average Bonchev–Trinajstić information content (AvgIpc) is 2.81. The molecule has 0 unspecified atom stereocenters. The van der Waals surface area contributed by atoms with Crippen molar-refractivity contribution >= 4 is 5.91 Å². The summed E-state index contributed by atoms with van der Waals surface area (Å²) in [7, 11) is 0. The Bertz CT molecular complexity index is 1120. The maximum absolute atomic E-state index is 12.4. The molecule has 11 heteroatoms. The molecule has 1 aromatic carbocycles. The van der Waals surface area contributed by atoms with Crippen molar-refractivity contribution in [2.75, 3.05) is 13.2 Å². The lowest BCUT2D eigenvalue weighted by Crippen LogP contribution is -2.30. The first-order valence-electron chi connectivity index (χ1n) is 10.0. The number of nitrogens with two attached hydrogens (primary N) is 1. The molecule has 33 heavy (non-hydrogen) atoms. The van der Waals surface area contributed by atoms with Gasteiger partial charge in [-0.1, -0.05) is 0 Å². The van der Waals surface area contributed by atoms with Crippen LogP contribution in [0.2, 0.25) is 0 Å². The van der Waals surface area contributed by atoms with Gasteiger partial charge in [-0.3, -0.25) is 14.6 Å². The van der Waals surface area contributed by atoms with Gasteiger partial charge < -0.3 is 15.2 Å². The number of primary amides is 1. The van der Waals surface area contributed by atoms with Gasteiger partial charge in [-0.25, -0.2) is 0 Å². The number of amides is 1. The van der Waals surface area contributed by atoms with E-state index in [1.54, 1.807) is 12.1 Å². The fraction of sp³-hybridized carbons (Fsp3) is 0.273. The number of aromatic nitrogens is 3. The highest BCUT2D eigenvalue weighted by Crippen LogP contribution is 2.26. The first-order valence-corrected chi connectivity index (χ1v) is 10.0. The molecular formula is C22H21F3N4O4. The molecule has 1 saturated heterocycles. The van der Waals surface area contributed by atoms with Crippen LogP contribution in [0.15, 0.2) is 59.7 Å². The van der Waals surface area contributed by atoms with Crippen molar-refractivity contribution in [3.05, 3.63) is 70.8 Å². The topological polar surface area (TPSA) is 109 Å². The van der Waals surface area contributed by atoms with E-state index in [9.17, 15) is 22.8 Å². The molecule has 0 radical (unpaired) electrons. The number of carbonyl (C=O) groups is 1. The Kier molecular flexibility index (Phi) is 7.78. The summed E-state index contributed by atoms with van der Waals surface area (Å²) in [5.74, 6) is -1.37. The molecule has 3 heterocycles. The summed E-state index contributed by atoms with van der Waals surface area (Å²) in [6, 6.07) is 9.11. The largest absolute Gasteiger partial charge is 0.573 e. The van der Waals surface area contributed by atoms with Gasteiger partial charge in [0.1, 0.15) is 11.3 Å². The van der Waals surface area contributed by atoms with Crippen molar-refractivity contribution in [3.8, 4) is 22.7 Å². The fourth-order valence-electron chi connectivity index (χ4n) is 2.98. The summed E-state index contributed by atoms with van der Waals surface area (Å²) in [6.45, 7) is 2.00. The third-order valence-corrected chi connectivity index (χ3v) is 4.53. The normalized spacial score (nSPS) is 13.5. The van der Waals surface area contributed by atoms with Crippen LogP contribution < -0.4 is 16.0 Å². The number of hydrogen-bond acceptors (Lipinski definition) is 6. The van der Waals surface area contributed by atoms with Gasteiger partial charge in [0.25, 0.3) is 11.5 Å². The molecule has 0 bridgehead atoms. The minimum absolute atomic E-state index is 0.158. The summed E-state index contributed by atoms with van der Waals surface area (Å²) in [6.07, 6.45) is 1.97. The molecule has 3 aromatic rings. The second-order valence-electron chi connectivity index (χ2n) is 6.98. The number of nitrogens with zero attached hydrogens (tertiary/aromatic N) is 3. The average molecular weight is 462 g/mol. The van der Waals surface area contributed by atoms with E-state index in [4.69, 9.17) is 10.5 Å². The Balaban J connectivity index is 0.000000442. The van der Waals surface area contributed by atoms with Crippen LogP contribution in [0.25, 0.3) is 16.9 Å². The third-order valence-electron chi connectivity index (χ3n) is 4.53. The fourth-order valence-corrected chi connectivity index (χ4v) is 2.98. The molecule has 1 aliphatic heterocycles. The zero-order chi connectivity index (χ0) is 23.8. The van der Waals surface area contributed by atoms with E-state index in [1.165, 1.54) is 49.9 Å². The van der Waals surface area contributed by atoms with Crippen molar-refractivity contribution < 1.29 is 27.4 Å². The minimum atomic E-state index is -4.81. The molecule has 0 aliphatic carbocycles. The van der Waals surface area contributed by atoms with Crippen LogP contribution in [0.4, 0.5) is 13.2 Å². The highest BCUT2D eigenvalue weighted by molar-refractivity contribution is 5.93. The van der Waals surface area contributed by atoms with Gasteiger partial charge in [-0.15, -0.1) is 13.2 Å². The quantitative estimate of drug-likeness (QED) is 0.636. The van der Waals surface area contributed by atoms with Crippen molar-refractivity contribution in [2.24, 2.45) is 5.73 Å². The lowest BCUT2D eigenvalue weighted by molar-refractivity contribution is -0.274. The molecule has 174 valence electrons. The molecule has 2 aromatic heterocycles. The Morgan fingerprint density at radius 1 is 1.09 bits per heavy atom. The third kappa shape index (κ3) is 6.88. The molecular weight excluding hydrogens is 441 g/mol. The zero-order valence-electron chi connectivity index (χ0n) is 17.4. The number of pyridine rings is 1. The minimum Gasteiger partial charge on any atom is -0.406 e. The van der Waals surface area contributed by atoms with Crippen LogP contribution in [-0.4, -0.2) is 40.2 Å². The number of alkyl halides is 3. The second-order valence-corrected chi connectivity index (χ2v) is 6.98. The van der Waals surface area contributed by atoms with E-state index in [-0.39, 0.29) is 11.3 Å². The number of halogens is 3. The summed E-state index contributed by atoms with van der Waals surface area (Å²) in [4.78, 5) is 27.9. The number of carbonyl (C=O) groups excluding carboxylic acids is 1. The number of benzene rings is 1. The number of ether oxygens (including phenoxy) is 2. The van der Waals surface area contributed by atoms with Crippen LogP contribution in [0.3, 0.4) is 0 Å². The van der Waals surface area contributed by atoms with Gasteiger partial charge in [0, 0.05) is 25.0 Å². The first-order chi connectivity index (χ1) is 15.7. The molecule has 4 rings (SSSR count). The molecule has 8 nitrogen and oxygen atoms in total. The van der Waals surface area contributed by atoms with E-state index in [2.05, 4.69) is 14.8 Å². The summed E-state index contributed by atoms with van der Waals surface area (Å²) in [5, 5.41) is 4.15. The van der Waals surface area contributed by atoms with Gasteiger partial charge in [-0.05, 0) is 61.7 Å². The second kappa shape index (κ2) is 10.7. The highest BCUT2D eigenvalue weighted by Gasteiger charge is 2.31. The number of hydrogen-bond donors (Lipinski definition) is 1. The Morgan fingerprint density at radius 2 is 1.79 bits per heavy atom.